The summed E-state index contributed by atoms with van der Waals surface area (Å²) in [4.78, 5) is 16.5. The fraction of sp³-hybridized carbons (Fsp3) is 0.333. The first-order chi connectivity index (χ1) is 14.9. The SMILES string of the molecule is CCc1cccc(CNCC[C@H](Cc2cc(F)cc(F)c2)NC(=O)c2ocnc2C)c1. The number of amides is 1. The summed E-state index contributed by atoms with van der Waals surface area (Å²) in [5.41, 5.74) is 3.43. The van der Waals surface area contributed by atoms with E-state index in [1.165, 1.54) is 29.7 Å². The molecule has 0 aliphatic rings. The lowest BCUT2D eigenvalue weighted by Gasteiger charge is -2.19. The fourth-order valence-electron chi connectivity index (χ4n) is 3.48. The standard InChI is InChI=1S/C24H27F2N3O2/c1-3-17-5-4-6-18(9-17)14-27-8-7-22(12-19-10-20(25)13-21(26)11-19)29-24(30)23-16(2)28-15-31-23/h4-6,9-11,13,15,22,27H,3,7-8,12,14H2,1-2H3,(H,29,30)/t22-/m1/s1. The minimum absolute atomic E-state index is 0.139. The Hall–Kier alpha value is -3.06. The predicted octanol–water partition coefficient (Wildman–Crippen LogP) is 4.34. The van der Waals surface area contributed by atoms with Crippen molar-refractivity contribution in [3.8, 4) is 0 Å². The molecule has 5 nitrogen and oxygen atoms in total. The quantitative estimate of drug-likeness (QED) is 0.472. The highest BCUT2D eigenvalue weighted by molar-refractivity contribution is 5.92. The summed E-state index contributed by atoms with van der Waals surface area (Å²) in [5.74, 6) is -1.53. The van der Waals surface area contributed by atoms with Crippen LogP contribution >= 0.6 is 0 Å². The van der Waals surface area contributed by atoms with Crippen LogP contribution in [-0.2, 0) is 19.4 Å². The minimum atomic E-state index is -0.639. The monoisotopic (exact) mass is 427 g/mol. The molecule has 0 saturated carbocycles. The van der Waals surface area contributed by atoms with Gasteiger partial charge >= 0.3 is 0 Å². The van der Waals surface area contributed by atoms with Crippen LogP contribution in [0.15, 0.2) is 53.3 Å². The Morgan fingerprint density at radius 2 is 1.84 bits per heavy atom. The van der Waals surface area contributed by atoms with Crippen LogP contribution in [0, 0.1) is 18.6 Å². The van der Waals surface area contributed by atoms with Crippen LogP contribution in [0.1, 0.15) is 46.3 Å². The van der Waals surface area contributed by atoms with Crippen LogP contribution in [-0.4, -0.2) is 23.5 Å². The summed E-state index contributed by atoms with van der Waals surface area (Å²) in [6.45, 7) is 5.12. The number of benzene rings is 2. The van der Waals surface area contributed by atoms with Crippen LogP contribution in [0.5, 0.6) is 0 Å². The van der Waals surface area contributed by atoms with Gasteiger partial charge in [-0.1, -0.05) is 31.2 Å². The number of hydrogen-bond donors (Lipinski definition) is 2. The third-order valence-corrected chi connectivity index (χ3v) is 5.09. The fourth-order valence-corrected chi connectivity index (χ4v) is 3.48. The molecule has 3 aromatic rings. The summed E-state index contributed by atoms with van der Waals surface area (Å²) in [5, 5.41) is 6.28. The van der Waals surface area contributed by atoms with Crippen LogP contribution in [0.4, 0.5) is 8.78 Å². The number of aromatic nitrogens is 1. The summed E-state index contributed by atoms with van der Waals surface area (Å²) >= 11 is 0. The van der Waals surface area contributed by atoms with E-state index in [9.17, 15) is 13.6 Å². The maximum absolute atomic E-state index is 13.6. The molecule has 7 heteroatoms. The molecule has 1 aromatic heterocycles. The number of nitrogens with one attached hydrogen (secondary N) is 2. The smallest absolute Gasteiger partial charge is 0.289 e. The van der Waals surface area contributed by atoms with E-state index in [1.54, 1.807) is 6.92 Å². The van der Waals surface area contributed by atoms with E-state index in [-0.39, 0.29) is 11.8 Å². The molecule has 3 rings (SSSR count). The largest absolute Gasteiger partial charge is 0.438 e. The third kappa shape index (κ3) is 6.72. The van der Waals surface area contributed by atoms with E-state index in [0.717, 1.165) is 12.5 Å². The van der Waals surface area contributed by atoms with E-state index >= 15 is 0 Å². The number of halogens is 2. The molecule has 2 N–H and O–H groups in total. The molecule has 0 unspecified atom stereocenters. The van der Waals surface area contributed by atoms with Crippen LogP contribution in [0.2, 0.25) is 0 Å². The Morgan fingerprint density at radius 1 is 1.10 bits per heavy atom. The van der Waals surface area contributed by atoms with E-state index in [0.29, 0.717) is 37.2 Å². The highest BCUT2D eigenvalue weighted by Crippen LogP contribution is 2.13. The summed E-state index contributed by atoms with van der Waals surface area (Å²) in [6.07, 6.45) is 3.06. The molecule has 0 radical (unpaired) electrons. The Balaban J connectivity index is 1.63. The molecule has 31 heavy (non-hydrogen) atoms. The average Bonchev–Trinajstić information content (AvgIpc) is 3.16. The maximum atomic E-state index is 13.6. The van der Waals surface area contributed by atoms with Crippen molar-refractivity contribution in [2.45, 2.75) is 45.7 Å². The van der Waals surface area contributed by atoms with Gasteiger partial charge in [0, 0.05) is 18.7 Å². The summed E-state index contributed by atoms with van der Waals surface area (Å²) in [7, 11) is 0. The first-order valence-corrected chi connectivity index (χ1v) is 10.4. The van der Waals surface area contributed by atoms with Gasteiger partial charge in [0.2, 0.25) is 5.76 Å². The van der Waals surface area contributed by atoms with Crippen molar-refractivity contribution >= 4 is 5.91 Å². The van der Waals surface area contributed by atoms with Crippen LogP contribution in [0.3, 0.4) is 0 Å². The van der Waals surface area contributed by atoms with Gasteiger partial charge < -0.3 is 15.1 Å². The average molecular weight is 427 g/mol. The van der Waals surface area contributed by atoms with Crippen molar-refractivity contribution < 1.29 is 18.0 Å². The molecule has 0 saturated heterocycles. The highest BCUT2D eigenvalue weighted by atomic mass is 19.1. The molecule has 0 aliphatic carbocycles. The van der Waals surface area contributed by atoms with Gasteiger partial charge in [-0.25, -0.2) is 13.8 Å². The molecule has 0 spiro atoms. The van der Waals surface area contributed by atoms with Gasteiger partial charge in [-0.3, -0.25) is 4.79 Å². The molecule has 1 atom stereocenters. The summed E-state index contributed by atoms with van der Waals surface area (Å²) < 4.78 is 32.4. The van der Waals surface area contributed by atoms with Crippen molar-refractivity contribution in [3.63, 3.8) is 0 Å². The van der Waals surface area contributed by atoms with E-state index < -0.39 is 17.5 Å². The van der Waals surface area contributed by atoms with Crippen molar-refractivity contribution in [1.29, 1.82) is 0 Å². The van der Waals surface area contributed by atoms with E-state index in [1.807, 2.05) is 6.07 Å². The molecule has 1 amide bonds. The number of hydrogen-bond acceptors (Lipinski definition) is 4. The molecule has 164 valence electrons. The molecule has 2 aromatic carbocycles. The number of rotatable bonds is 10. The molecular formula is C24H27F2N3O2. The van der Waals surface area contributed by atoms with E-state index in [2.05, 4.69) is 40.7 Å². The second-order valence-corrected chi connectivity index (χ2v) is 7.56. The van der Waals surface area contributed by atoms with Crippen LogP contribution in [0.25, 0.3) is 0 Å². The normalized spacial score (nSPS) is 12.0. The molecular weight excluding hydrogens is 400 g/mol. The molecule has 0 fully saturated rings. The Kier molecular flexibility index (Phi) is 7.89. The Morgan fingerprint density at radius 3 is 2.52 bits per heavy atom. The van der Waals surface area contributed by atoms with E-state index in [4.69, 9.17) is 4.42 Å². The van der Waals surface area contributed by atoms with Crippen molar-refractivity contribution in [2.75, 3.05) is 6.54 Å². The zero-order valence-corrected chi connectivity index (χ0v) is 17.8. The van der Waals surface area contributed by atoms with Gasteiger partial charge in [-0.15, -0.1) is 0 Å². The van der Waals surface area contributed by atoms with Crippen LogP contribution < -0.4 is 10.6 Å². The Bertz CT molecular complexity index is 999. The van der Waals surface area contributed by atoms with Gasteiger partial charge in [-0.2, -0.15) is 0 Å². The number of carbonyl (C=O) groups is 1. The van der Waals surface area contributed by atoms with Crippen molar-refractivity contribution in [2.24, 2.45) is 0 Å². The Labute approximate surface area is 180 Å². The lowest BCUT2D eigenvalue weighted by atomic mass is 10.0. The van der Waals surface area contributed by atoms with Gasteiger partial charge in [-0.05, 0) is 61.6 Å². The predicted molar refractivity (Wildman–Crippen MR) is 115 cm³/mol. The van der Waals surface area contributed by atoms with Gasteiger partial charge in [0.1, 0.15) is 11.6 Å². The first-order valence-electron chi connectivity index (χ1n) is 10.4. The summed E-state index contributed by atoms with van der Waals surface area (Å²) in [6, 6.07) is 11.4. The number of carbonyl (C=O) groups excluding carboxylic acids is 1. The number of aryl methyl sites for hydroxylation is 2. The van der Waals surface area contributed by atoms with Gasteiger partial charge in [0.05, 0.1) is 5.69 Å². The second kappa shape index (κ2) is 10.8. The molecule has 0 aliphatic heterocycles. The second-order valence-electron chi connectivity index (χ2n) is 7.56. The lowest BCUT2D eigenvalue weighted by Crippen LogP contribution is -2.38. The molecule has 1 heterocycles. The zero-order chi connectivity index (χ0) is 22.2. The maximum Gasteiger partial charge on any atom is 0.289 e. The lowest BCUT2D eigenvalue weighted by molar-refractivity contribution is 0.0906. The van der Waals surface area contributed by atoms with Crippen molar-refractivity contribution in [3.05, 3.63) is 88.6 Å². The zero-order valence-electron chi connectivity index (χ0n) is 17.8. The van der Waals surface area contributed by atoms with Gasteiger partial charge in [0.25, 0.3) is 5.91 Å². The van der Waals surface area contributed by atoms with Gasteiger partial charge in [0.15, 0.2) is 6.39 Å². The van der Waals surface area contributed by atoms with Crippen molar-refractivity contribution in [1.82, 2.24) is 15.6 Å². The highest BCUT2D eigenvalue weighted by Gasteiger charge is 2.19. The minimum Gasteiger partial charge on any atom is -0.438 e. The number of oxazole rings is 1. The first kappa shape index (κ1) is 22.6. The number of nitrogens with zero attached hydrogens (tertiary/aromatic N) is 1. The molecule has 0 bridgehead atoms. The third-order valence-electron chi connectivity index (χ3n) is 5.09. The topological polar surface area (TPSA) is 67.2 Å².